The third-order valence-corrected chi connectivity index (χ3v) is 4.49. The number of benzene rings is 1. The lowest BCUT2D eigenvalue weighted by Gasteiger charge is -2.18. The third-order valence-electron chi connectivity index (χ3n) is 4.49. The first-order valence-electron chi connectivity index (χ1n) is 7.89. The summed E-state index contributed by atoms with van der Waals surface area (Å²) in [6.45, 7) is 6.33. The molecule has 0 amide bonds. The van der Waals surface area contributed by atoms with Gasteiger partial charge in [-0.25, -0.2) is 0 Å². The fourth-order valence-electron chi connectivity index (χ4n) is 3.22. The second kappa shape index (κ2) is 5.80. The third kappa shape index (κ3) is 2.62. The molecule has 4 heteroatoms. The minimum atomic E-state index is 0.514. The largest absolute Gasteiger partial charge is 0.398 e. The molecule has 3 rings (SSSR count). The van der Waals surface area contributed by atoms with Gasteiger partial charge in [-0.05, 0) is 37.5 Å². The van der Waals surface area contributed by atoms with Crippen molar-refractivity contribution in [2.45, 2.75) is 45.7 Å². The van der Waals surface area contributed by atoms with Gasteiger partial charge in [-0.2, -0.15) is 5.10 Å². The molecule has 2 aromatic rings. The van der Waals surface area contributed by atoms with E-state index in [0.29, 0.717) is 6.04 Å². The maximum atomic E-state index is 6.06. The summed E-state index contributed by atoms with van der Waals surface area (Å²) in [5.74, 6) is 0. The maximum absolute atomic E-state index is 6.06. The lowest BCUT2D eigenvalue weighted by molar-refractivity contribution is 0.425. The number of fused-ring (bicyclic) bond motifs is 1. The van der Waals surface area contributed by atoms with Gasteiger partial charge in [0, 0.05) is 29.7 Å². The van der Waals surface area contributed by atoms with Gasteiger partial charge >= 0.3 is 0 Å². The minimum absolute atomic E-state index is 0.514. The van der Waals surface area contributed by atoms with Crippen LogP contribution < -0.4 is 10.6 Å². The molecule has 1 aliphatic rings. The van der Waals surface area contributed by atoms with Crippen LogP contribution in [0, 0.1) is 0 Å². The number of hydrogen-bond acceptors (Lipinski definition) is 3. The number of nitrogens with zero attached hydrogens (tertiary/aromatic N) is 3. The van der Waals surface area contributed by atoms with Crippen LogP contribution >= 0.6 is 0 Å². The van der Waals surface area contributed by atoms with Gasteiger partial charge in [0.15, 0.2) is 0 Å². The Bertz CT molecular complexity index is 613. The molecule has 4 nitrogen and oxygen atoms in total. The van der Waals surface area contributed by atoms with Gasteiger partial charge in [-0.15, -0.1) is 0 Å². The quantitative estimate of drug-likeness (QED) is 0.856. The van der Waals surface area contributed by atoms with Gasteiger partial charge in [-0.3, -0.25) is 4.68 Å². The summed E-state index contributed by atoms with van der Waals surface area (Å²) >= 11 is 0. The lowest BCUT2D eigenvalue weighted by Crippen LogP contribution is -2.20. The molecule has 1 aliphatic heterocycles. The van der Waals surface area contributed by atoms with E-state index in [9.17, 15) is 0 Å². The molecule has 0 spiro atoms. The Morgan fingerprint density at radius 3 is 2.81 bits per heavy atom. The van der Waals surface area contributed by atoms with Gasteiger partial charge in [0.1, 0.15) is 0 Å². The molecule has 2 heterocycles. The fraction of sp³-hybridized carbons (Fsp3) is 0.471. The smallest absolute Gasteiger partial charge is 0.0817 e. The van der Waals surface area contributed by atoms with E-state index in [2.05, 4.69) is 41.8 Å². The molecular weight excluding hydrogens is 260 g/mol. The van der Waals surface area contributed by atoms with Crippen molar-refractivity contribution >= 4 is 11.4 Å². The van der Waals surface area contributed by atoms with Crippen molar-refractivity contribution < 1.29 is 0 Å². The standard InChI is InChI=1S/C17H24N4/c1-3-14(4-2)21-11-8-13(19-21)12-20-10-9-15-16(18)6-5-7-17(15)20/h5-8,11,14H,3-4,9-10,12,18H2,1-2H3. The highest BCUT2D eigenvalue weighted by Crippen LogP contribution is 2.32. The second-order valence-corrected chi connectivity index (χ2v) is 5.77. The Labute approximate surface area is 126 Å². The number of aromatic nitrogens is 2. The van der Waals surface area contributed by atoms with E-state index in [1.54, 1.807) is 0 Å². The van der Waals surface area contributed by atoms with E-state index >= 15 is 0 Å². The van der Waals surface area contributed by atoms with Crippen LogP contribution in [0.5, 0.6) is 0 Å². The van der Waals surface area contributed by atoms with E-state index in [1.807, 2.05) is 12.1 Å². The molecule has 0 fully saturated rings. The molecule has 2 N–H and O–H groups in total. The van der Waals surface area contributed by atoms with E-state index in [4.69, 9.17) is 10.8 Å². The number of anilines is 2. The molecule has 112 valence electrons. The Morgan fingerprint density at radius 1 is 1.24 bits per heavy atom. The number of nitrogens with two attached hydrogens (primary N) is 1. The second-order valence-electron chi connectivity index (χ2n) is 5.77. The number of hydrogen-bond donors (Lipinski definition) is 1. The molecule has 0 bridgehead atoms. The van der Waals surface area contributed by atoms with Gasteiger partial charge in [0.2, 0.25) is 0 Å². The maximum Gasteiger partial charge on any atom is 0.0817 e. The molecule has 0 atom stereocenters. The van der Waals surface area contributed by atoms with Crippen LogP contribution in [-0.2, 0) is 13.0 Å². The van der Waals surface area contributed by atoms with Crippen LogP contribution in [0.25, 0.3) is 0 Å². The van der Waals surface area contributed by atoms with Crippen LogP contribution in [-0.4, -0.2) is 16.3 Å². The van der Waals surface area contributed by atoms with Crippen LogP contribution in [0.2, 0.25) is 0 Å². The Morgan fingerprint density at radius 2 is 2.05 bits per heavy atom. The highest BCUT2D eigenvalue weighted by atomic mass is 15.3. The average Bonchev–Trinajstić information content (AvgIpc) is 3.10. The Kier molecular flexibility index (Phi) is 3.86. The first-order valence-corrected chi connectivity index (χ1v) is 7.89. The Hall–Kier alpha value is -1.97. The van der Waals surface area contributed by atoms with E-state index in [1.165, 1.54) is 11.3 Å². The molecule has 0 unspecified atom stereocenters. The zero-order valence-corrected chi connectivity index (χ0v) is 12.9. The van der Waals surface area contributed by atoms with E-state index in [-0.39, 0.29) is 0 Å². The SMILES string of the molecule is CCC(CC)n1ccc(CN2CCc3c(N)cccc32)n1. The van der Waals surface area contributed by atoms with Crippen molar-refractivity contribution in [3.05, 3.63) is 41.7 Å². The molecular formula is C17H24N4. The predicted molar refractivity (Wildman–Crippen MR) is 87.5 cm³/mol. The first-order chi connectivity index (χ1) is 10.2. The molecule has 0 aliphatic carbocycles. The molecule has 1 aromatic heterocycles. The van der Waals surface area contributed by atoms with Gasteiger partial charge in [0.05, 0.1) is 18.3 Å². The van der Waals surface area contributed by atoms with Crippen molar-refractivity contribution in [1.29, 1.82) is 0 Å². The molecule has 0 saturated heterocycles. The highest BCUT2D eigenvalue weighted by Gasteiger charge is 2.21. The van der Waals surface area contributed by atoms with Crippen LogP contribution in [0.1, 0.15) is 44.0 Å². The van der Waals surface area contributed by atoms with Gasteiger partial charge < -0.3 is 10.6 Å². The number of rotatable bonds is 5. The molecule has 0 saturated carbocycles. The monoisotopic (exact) mass is 284 g/mol. The molecule has 1 aromatic carbocycles. The van der Waals surface area contributed by atoms with Crippen molar-refractivity contribution in [1.82, 2.24) is 9.78 Å². The van der Waals surface area contributed by atoms with Gasteiger partial charge in [0.25, 0.3) is 0 Å². The van der Waals surface area contributed by atoms with Crippen molar-refractivity contribution in [3.8, 4) is 0 Å². The molecule has 0 radical (unpaired) electrons. The predicted octanol–water partition coefficient (Wildman–Crippen LogP) is 3.39. The lowest BCUT2D eigenvalue weighted by atomic mass is 10.1. The summed E-state index contributed by atoms with van der Waals surface area (Å²) in [6, 6.07) is 8.85. The fourth-order valence-corrected chi connectivity index (χ4v) is 3.22. The van der Waals surface area contributed by atoms with Crippen LogP contribution in [0.3, 0.4) is 0 Å². The average molecular weight is 284 g/mol. The first kappa shape index (κ1) is 14.0. The van der Waals surface area contributed by atoms with E-state index in [0.717, 1.165) is 43.7 Å². The number of nitrogen functional groups attached to an aromatic ring is 1. The Balaban J connectivity index is 1.76. The normalized spacial score (nSPS) is 14.0. The molecule has 21 heavy (non-hydrogen) atoms. The zero-order valence-electron chi connectivity index (χ0n) is 12.9. The summed E-state index contributed by atoms with van der Waals surface area (Å²) in [4.78, 5) is 2.38. The van der Waals surface area contributed by atoms with Crippen LogP contribution in [0.4, 0.5) is 11.4 Å². The summed E-state index contributed by atoms with van der Waals surface area (Å²) < 4.78 is 2.12. The minimum Gasteiger partial charge on any atom is -0.398 e. The van der Waals surface area contributed by atoms with E-state index < -0.39 is 0 Å². The van der Waals surface area contributed by atoms with Crippen molar-refractivity contribution in [2.75, 3.05) is 17.2 Å². The van der Waals surface area contributed by atoms with Crippen molar-refractivity contribution in [2.24, 2.45) is 0 Å². The topological polar surface area (TPSA) is 47.1 Å². The van der Waals surface area contributed by atoms with Gasteiger partial charge in [-0.1, -0.05) is 19.9 Å². The summed E-state index contributed by atoms with van der Waals surface area (Å²) in [5, 5.41) is 4.75. The summed E-state index contributed by atoms with van der Waals surface area (Å²) in [7, 11) is 0. The summed E-state index contributed by atoms with van der Waals surface area (Å²) in [5.41, 5.74) is 10.7. The zero-order chi connectivity index (χ0) is 14.8. The van der Waals surface area contributed by atoms with Crippen LogP contribution in [0.15, 0.2) is 30.5 Å². The highest BCUT2D eigenvalue weighted by molar-refractivity contribution is 5.68. The summed E-state index contributed by atoms with van der Waals surface area (Å²) in [6.07, 6.45) is 5.40. The van der Waals surface area contributed by atoms with Crippen molar-refractivity contribution in [3.63, 3.8) is 0 Å².